The molecular formula is C27H39N5O10. The molecule has 1 aromatic carbocycles. The minimum Gasteiger partial charge on any atom is -0.508 e. The van der Waals surface area contributed by atoms with Crippen molar-refractivity contribution < 1.29 is 48.5 Å². The maximum atomic E-state index is 13.4. The first kappa shape index (κ1) is 35.3. The largest absolute Gasteiger partial charge is 0.508 e. The van der Waals surface area contributed by atoms with Crippen LogP contribution < -0.4 is 26.6 Å². The molecule has 5 amide bonds. The number of methoxy groups -OCH3 is 1. The molecule has 0 saturated heterocycles. The average Bonchev–Trinajstić information content (AvgIpc) is 2.91. The lowest BCUT2D eigenvalue weighted by molar-refractivity contribution is -0.138. The molecule has 1 rings (SSSR count). The van der Waals surface area contributed by atoms with Gasteiger partial charge in [-0.3, -0.25) is 24.0 Å². The van der Waals surface area contributed by atoms with E-state index in [2.05, 4.69) is 31.3 Å². The van der Waals surface area contributed by atoms with Crippen LogP contribution in [0.3, 0.4) is 0 Å². The molecule has 0 aromatic heterocycles. The second-order valence-corrected chi connectivity index (χ2v) is 9.96. The van der Waals surface area contributed by atoms with Crippen molar-refractivity contribution >= 4 is 42.0 Å². The third-order valence-corrected chi connectivity index (χ3v) is 6.07. The van der Waals surface area contributed by atoms with E-state index in [4.69, 9.17) is 5.11 Å². The van der Waals surface area contributed by atoms with Gasteiger partial charge in [-0.2, -0.15) is 0 Å². The Balaban J connectivity index is 3.05. The van der Waals surface area contributed by atoms with Gasteiger partial charge in [-0.25, -0.2) is 4.79 Å². The monoisotopic (exact) mass is 593 g/mol. The third kappa shape index (κ3) is 12.2. The third-order valence-electron chi connectivity index (χ3n) is 6.07. The van der Waals surface area contributed by atoms with Crippen LogP contribution in [0.4, 0.5) is 4.79 Å². The Labute approximate surface area is 243 Å². The number of aliphatic carboxylic acids is 1. The van der Waals surface area contributed by atoms with Crippen molar-refractivity contribution in [1.82, 2.24) is 26.6 Å². The molecule has 1 aromatic rings. The van der Waals surface area contributed by atoms with Crippen LogP contribution >= 0.6 is 0 Å². The van der Waals surface area contributed by atoms with Gasteiger partial charge in [-0.1, -0.05) is 26.0 Å². The average molecular weight is 594 g/mol. The Morgan fingerprint density at radius 2 is 1.38 bits per heavy atom. The highest BCUT2D eigenvalue weighted by molar-refractivity contribution is 5.95. The summed E-state index contributed by atoms with van der Waals surface area (Å²) in [5.41, 5.74) is 0.573. The number of carbonyl (C=O) groups excluding carboxylic acids is 6. The van der Waals surface area contributed by atoms with Gasteiger partial charge >= 0.3 is 12.1 Å². The van der Waals surface area contributed by atoms with Gasteiger partial charge in [0.1, 0.15) is 36.2 Å². The van der Waals surface area contributed by atoms with Gasteiger partial charge in [-0.15, -0.1) is 0 Å². The van der Waals surface area contributed by atoms with E-state index < -0.39 is 78.2 Å². The van der Waals surface area contributed by atoms with Crippen molar-refractivity contribution in [1.29, 1.82) is 0 Å². The minimum atomic E-state index is -1.22. The van der Waals surface area contributed by atoms with E-state index in [1.807, 2.05) is 0 Å². The van der Waals surface area contributed by atoms with Crippen LogP contribution in [0, 0.1) is 5.92 Å². The molecule has 0 aliphatic carbocycles. The molecule has 0 fully saturated rings. The lowest BCUT2D eigenvalue weighted by atomic mass is 10.0. The topological polar surface area (TPSA) is 229 Å². The molecule has 0 heterocycles. The number of hydrogen-bond acceptors (Lipinski definition) is 9. The Bertz CT molecular complexity index is 1120. The Morgan fingerprint density at radius 3 is 1.90 bits per heavy atom. The molecule has 5 atom stereocenters. The van der Waals surface area contributed by atoms with Gasteiger partial charge < -0.3 is 46.3 Å². The second-order valence-electron chi connectivity index (χ2n) is 9.96. The quantitative estimate of drug-likeness (QED) is 0.120. The fourth-order valence-electron chi connectivity index (χ4n) is 3.68. The summed E-state index contributed by atoms with van der Waals surface area (Å²) >= 11 is 0. The van der Waals surface area contributed by atoms with Crippen molar-refractivity contribution in [2.45, 2.75) is 77.2 Å². The highest BCUT2D eigenvalue weighted by Gasteiger charge is 2.32. The summed E-state index contributed by atoms with van der Waals surface area (Å²) in [5, 5.41) is 30.9. The zero-order valence-corrected chi connectivity index (χ0v) is 24.1. The summed E-state index contributed by atoms with van der Waals surface area (Å²) in [6.45, 7) is 6.04. The molecule has 0 spiro atoms. The van der Waals surface area contributed by atoms with E-state index >= 15 is 0 Å². The number of rotatable bonds is 16. The van der Waals surface area contributed by atoms with Crippen molar-refractivity contribution in [2.24, 2.45) is 5.92 Å². The summed E-state index contributed by atoms with van der Waals surface area (Å²) in [6.07, 6.45) is -1.13. The molecule has 42 heavy (non-hydrogen) atoms. The Kier molecular flexibility index (Phi) is 14.5. The summed E-state index contributed by atoms with van der Waals surface area (Å²) in [4.78, 5) is 85.1. The van der Waals surface area contributed by atoms with Crippen molar-refractivity contribution in [3.05, 3.63) is 29.8 Å². The second kappa shape index (κ2) is 17.2. The molecule has 15 heteroatoms. The van der Waals surface area contributed by atoms with Crippen LogP contribution in [0.2, 0.25) is 0 Å². The van der Waals surface area contributed by atoms with Gasteiger partial charge in [0.05, 0.1) is 13.5 Å². The molecule has 232 valence electrons. The van der Waals surface area contributed by atoms with Gasteiger partial charge in [0, 0.05) is 18.9 Å². The molecule has 0 aliphatic rings. The fourth-order valence-corrected chi connectivity index (χ4v) is 3.68. The number of phenolic OH excluding ortho intramolecular Hbond substituents is 1. The Morgan fingerprint density at radius 1 is 0.810 bits per heavy atom. The smallest absolute Gasteiger partial charge is 0.407 e. The zero-order chi connectivity index (χ0) is 32.0. The number of aldehydes is 1. The molecule has 0 saturated carbocycles. The standard InChI is InChI=1S/C27H39N5O10/c1-14(2)22(26(40)28-15(3)23(37)30-18(10-11-33)13-21(35)36)32-25(39)20(12-17-6-8-19(34)9-7-17)31-24(38)16(4)29-27(41)42-5/h6-9,11,14-16,18,20,22,34H,10,12-13H2,1-5H3,(H,28,40)(H,29,41)(H,30,37)(H,31,38)(H,32,39)(H,35,36)/t15-,16-,18+,20-,22-/m0/s1. The highest BCUT2D eigenvalue weighted by Crippen LogP contribution is 2.12. The number of carbonyl (C=O) groups is 7. The van der Waals surface area contributed by atoms with E-state index in [1.54, 1.807) is 26.0 Å². The first-order valence-electron chi connectivity index (χ1n) is 13.2. The number of hydrogen-bond donors (Lipinski definition) is 7. The fraction of sp³-hybridized carbons (Fsp3) is 0.519. The summed E-state index contributed by atoms with van der Waals surface area (Å²) in [5.74, 6) is -4.58. The number of alkyl carbamates (subject to hydrolysis) is 1. The SMILES string of the molecule is COC(=O)N[C@@H](C)C(=O)N[C@@H](Cc1ccc(O)cc1)C(=O)N[C@H](C(=O)N[C@@H](C)C(=O)N[C@H](CC=O)CC(=O)O)C(C)C. The molecule has 0 bridgehead atoms. The number of nitrogens with one attached hydrogen (secondary N) is 5. The van der Waals surface area contributed by atoms with E-state index in [9.17, 15) is 38.7 Å². The lowest BCUT2D eigenvalue weighted by Gasteiger charge is -2.27. The summed E-state index contributed by atoms with van der Waals surface area (Å²) < 4.78 is 4.49. The predicted octanol–water partition coefficient (Wildman–Crippen LogP) is -0.642. The maximum absolute atomic E-state index is 13.4. The summed E-state index contributed by atoms with van der Waals surface area (Å²) in [6, 6.07) is 0.367. The van der Waals surface area contributed by atoms with E-state index in [-0.39, 0.29) is 18.6 Å². The number of carboxylic acids is 1. The van der Waals surface area contributed by atoms with Crippen LogP contribution in [0.25, 0.3) is 0 Å². The zero-order valence-electron chi connectivity index (χ0n) is 24.1. The molecule has 15 nitrogen and oxygen atoms in total. The van der Waals surface area contributed by atoms with Crippen molar-refractivity contribution in [2.75, 3.05) is 7.11 Å². The first-order valence-corrected chi connectivity index (χ1v) is 13.2. The Hall–Kier alpha value is -4.69. The number of phenols is 1. The number of amides is 5. The minimum absolute atomic E-state index is 0.00479. The van der Waals surface area contributed by atoms with Gasteiger partial charge in [0.2, 0.25) is 23.6 Å². The van der Waals surface area contributed by atoms with Crippen molar-refractivity contribution in [3.63, 3.8) is 0 Å². The normalized spacial score (nSPS) is 14.2. The van der Waals surface area contributed by atoms with E-state index in [0.717, 1.165) is 7.11 Å². The van der Waals surface area contributed by atoms with Crippen LogP contribution in [-0.2, 0) is 39.9 Å². The number of ether oxygens (including phenoxy) is 1. The van der Waals surface area contributed by atoms with Crippen LogP contribution in [0.15, 0.2) is 24.3 Å². The maximum Gasteiger partial charge on any atom is 0.407 e. The number of aromatic hydroxyl groups is 1. The van der Waals surface area contributed by atoms with Crippen molar-refractivity contribution in [3.8, 4) is 5.75 Å². The molecule has 7 N–H and O–H groups in total. The molecule has 0 unspecified atom stereocenters. The van der Waals surface area contributed by atoms with E-state index in [0.29, 0.717) is 11.8 Å². The van der Waals surface area contributed by atoms with Crippen LogP contribution in [0.5, 0.6) is 5.75 Å². The molecule has 0 radical (unpaired) electrons. The highest BCUT2D eigenvalue weighted by atomic mass is 16.5. The number of benzene rings is 1. The first-order chi connectivity index (χ1) is 19.7. The van der Waals surface area contributed by atoms with Gasteiger partial charge in [0.15, 0.2) is 0 Å². The lowest BCUT2D eigenvalue weighted by Crippen LogP contribution is -2.59. The number of carboxylic acid groups (broad SMARTS) is 1. The van der Waals surface area contributed by atoms with E-state index in [1.165, 1.54) is 26.0 Å². The molecule has 0 aliphatic heterocycles. The van der Waals surface area contributed by atoms with Gasteiger partial charge in [-0.05, 0) is 37.5 Å². The van der Waals surface area contributed by atoms with Gasteiger partial charge in [0.25, 0.3) is 0 Å². The predicted molar refractivity (Wildman–Crippen MR) is 148 cm³/mol. The molecular weight excluding hydrogens is 554 g/mol. The van der Waals surface area contributed by atoms with Crippen LogP contribution in [-0.4, -0.2) is 89.5 Å². The van der Waals surface area contributed by atoms with Crippen LogP contribution in [0.1, 0.15) is 46.1 Å². The summed E-state index contributed by atoms with van der Waals surface area (Å²) in [7, 11) is 1.13.